The summed E-state index contributed by atoms with van der Waals surface area (Å²) >= 11 is 0. The van der Waals surface area contributed by atoms with Crippen LogP contribution < -0.4 is 22.2 Å². The van der Waals surface area contributed by atoms with Gasteiger partial charge in [0, 0.05) is 86.2 Å². The molecule has 0 amide bonds. The maximum atomic E-state index is 13.7. The number of aromatic nitrogens is 8. The first-order chi connectivity index (χ1) is 60.9. The maximum absolute atomic E-state index is 13.7. The molecule has 12 heteroatoms. The van der Waals surface area contributed by atoms with E-state index in [2.05, 4.69) is 183 Å². The lowest BCUT2D eigenvalue weighted by Crippen LogP contribution is -2.13. The van der Waals surface area contributed by atoms with Gasteiger partial charge in [-0.1, -0.05) is 391 Å². The van der Waals surface area contributed by atoms with Crippen LogP contribution in [0.4, 0.5) is 0 Å². The summed E-state index contributed by atoms with van der Waals surface area (Å²) < 4.78 is 7.13. The number of rotatable bonds is 0. The van der Waals surface area contributed by atoms with E-state index in [4.69, 9.17) is 19.9 Å². The van der Waals surface area contributed by atoms with Crippen LogP contribution in [0.25, 0.3) is 207 Å². The summed E-state index contributed by atoms with van der Waals surface area (Å²) in [5.41, 5.74) is 9.92. The van der Waals surface area contributed by atoms with Gasteiger partial charge in [0.15, 0.2) is 0 Å². The van der Waals surface area contributed by atoms with Crippen molar-refractivity contribution in [3.05, 3.63) is 345 Å². The minimum Gasteiger partial charge on any atom is -0.268 e. The van der Waals surface area contributed by atoms with Gasteiger partial charge in [0.1, 0.15) is 22.6 Å². The van der Waals surface area contributed by atoms with Crippen molar-refractivity contribution >= 4 is 207 Å². The van der Waals surface area contributed by atoms with Crippen LogP contribution in [0, 0.1) is 0 Å². The van der Waals surface area contributed by atoms with E-state index in [1.54, 1.807) is 13.2 Å². The Balaban J connectivity index is 0.000000126. The van der Waals surface area contributed by atoms with E-state index in [1.807, 2.05) is 236 Å². The third-order valence-electron chi connectivity index (χ3n) is 21.5. The standard InChI is InChI=1S/C26H14N2O.3C22H12N2O.4C3H8.4C2H6/c29-26-21-14-6-8-15-7-5-13-20(22(15)21)25-27-23-18-11-3-1-9-16(18)17-10-2-4-12-19(17)24(23)28(25)26;25-22-17-10-4-7-14-6-3-9-16(19(14)17)21-23-20-15-8-2-1-5-13(15)11-12-18(20)24(21)22;25-22-17-10-4-7-14-6-3-9-16(19(14)17)21-23-18-12-11-13-5-1-2-8-15(13)20(18)24(21)22;25-22-17-10-4-8-13-7-3-9-16(20(13)17)21-23-18-11-14-5-1-2-6-15(14)12-19(18)24(21)22;4*1-3-2;4*1-2/h1-14H;3*1-12H;4*3H2,1-2H3;4*1-2H3. The molecule has 12 nitrogen and oxygen atoms in total. The van der Waals surface area contributed by atoms with Crippen LogP contribution in [-0.2, 0) is 0 Å². The Morgan fingerprint density at radius 1 is 0.202 bits per heavy atom. The molecule has 8 heterocycles. The highest BCUT2D eigenvalue weighted by Gasteiger charge is 2.23. The van der Waals surface area contributed by atoms with Crippen LogP contribution >= 0.6 is 0 Å². The summed E-state index contributed by atoms with van der Waals surface area (Å²) in [6.07, 6.45) is 5.00. The second kappa shape index (κ2) is 38.2. The molecule has 124 heavy (non-hydrogen) atoms. The Morgan fingerprint density at radius 3 is 0.919 bits per heavy atom. The highest BCUT2D eigenvalue weighted by molar-refractivity contribution is 6.27. The number of hydrogen-bond donors (Lipinski definition) is 0. The second-order valence-electron chi connectivity index (χ2n) is 29.8. The monoisotopic (exact) mass is 1630 g/mol. The lowest BCUT2D eigenvalue weighted by atomic mass is 10.00. The van der Waals surface area contributed by atoms with Crippen molar-refractivity contribution in [2.75, 3.05) is 0 Å². The first-order valence-corrected chi connectivity index (χ1v) is 44.3. The van der Waals surface area contributed by atoms with Gasteiger partial charge in [0.05, 0.1) is 44.1 Å². The average Bonchev–Trinajstić information content (AvgIpc) is 1.55. The Hall–Kier alpha value is -14.4. The molecule has 0 saturated heterocycles. The van der Waals surface area contributed by atoms with Gasteiger partial charge < -0.3 is 0 Å². The number of pyridine rings is 4. The molecule has 25 rings (SSSR count). The molecular formula is C112H106N8O4. The number of benzene rings is 17. The second-order valence-corrected chi connectivity index (χ2v) is 29.8. The topological polar surface area (TPSA) is 137 Å². The first-order valence-electron chi connectivity index (χ1n) is 44.3. The molecule has 0 saturated carbocycles. The van der Waals surface area contributed by atoms with Crippen molar-refractivity contribution in [3.63, 3.8) is 0 Å². The van der Waals surface area contributed by atoms with Gasteiger partial charge in [-0.15, -0.1) is 0 Å². The van der Waals surface area contributed by atoms with Crippen molar-refractivity contribution in [1.82, 2.24) is 37.5 Å². The molecule has 618 valence electrons. The molecule has 17 aromatic carbocycles. The average molecular weight is 1630 g/mol. The highest BCUT2D eigenvalue weighted by atomic mass is 16.1. The van der Waals surface area contributed by atoms with E-state index in [-0.39, 0.29) is 22.2 Å². The Kier molecular flexibility index (Phi) is 26.5. The lowest BCUT2D eigenvalue weighted by molar-refractivity contribution is 1.09. The van der Waals surface area contributed by atoms with Crippen LogP contribution in [0.3, 0.4) is 0 Å². The zero-order chi connectivity index (χ0) is 87.6. The SMILES string of the molecule is CC.CC.CC.CC.CCC.CCC.CCC.CCC.O=c1c2cccc3cccc(c32)c2nc3c4ccccc4c4ccccc4c3n12.O=c1c2cccc3cccc(c32)c2nc3c4ccccc4ccc3n12.O=c1c2cccc3cccc(c32)c2nc3cc4ccccc4cc3n12.O=c1c2cccc3cccc(c32)c2nc3ccc4ccccc4c3n12. The number of hydrogen-bond acceptors (Lipinski definition) is 8. The summed E-state index contributed by atoms with van der Waals surface area (Å²) in [7, 11) is 0. The zero-order valence-corrected chi connectivity index (χ0v) is 73.9. The van der Waals surface area contributed by atoms with Crippen LogP contribution in [0.1, 0.15) is 136 Å². The summed E-state index contributed by atoms with van der Waals surface area (Å²) in [5.74, 6) is 0. The molecule has 0 fully saturated rings. The minimum absolute atomic E-state index is 0.00171. The van der Waals surface area contributed by atoms with Gasteiger partial charge in [-0.05, 0) is 102 Å². The first kappa shape index (κ1) is 86.0. The van der Waals surface area contributed by atoms with Gasteiger partial charge in [-0.3, -0.25) is 36.8 Å². The zero-order valence-electron chi connectivity index (χ0n) is 73.9. The van der Waals surface area contributed by atoms with Crippen LogP contribution in [0.2, 0.25) is 0 Å². The van der Waals surface area contributed by atoms with E-state index >= 15 is 0 Å². The Bertz CT molecular complexity index is 8270. The number of nitrogens with zero attached hydrogens (tertiary/aromatic N) is 8. The Labute approximate surface area is 721 Å². The molecule has 0 N–H and O–H groups in total. The third-order valence-corrected chi connectivity index (χ3v) is 21.5. The molecule has 0 radical (unpaired) electrons. The number of fused-ring (bicyclic) bond motifs is 26. The largest absolute Gasteiger partial charge is 0.268 e. The molecule has 0 unspecified atom stereocenters. The fourth-order valence-corrected chi connectivity index (χ4v) is 17.0. The normalized spacial score (nSPS) is 11.0. The minimum atomic E-state index is -0.00719. The van der Waals surface area contributed by atoms with Gasteiger partial charge in [0.25, 0.3) is 22.2 Å². The summed E-state index contributed by atoms with van der Waals surface area (Å²) in [5, 5.41) is 26.4. The Morgan fingerprint density at radius 2 is 0.476 bits per heavy atom. The predicted octanol–water partition coefficient (Wildman–Crippen LogP) is 29.9. The molecule has 0 aliphatic rings. The predicted molar refractivity (Wildman–Crippen MR) is 537 cm³/mol. The molecule has 0 bridgehead atoms. The fraction of sp³-hybridized carbons (Fsp3) is 0.179. The number of imidazole rings is 4. The molecule has 8 aromatic heterocycles. The lowest BCUT2D eigenvalue weighted by Gasteiger charge is -2.08. The van der Waals surface area contributed by atoms with E-state index in [0.29, 0.717) is 0 Å². The molecule has 0 aliphatic carbocycles. The van der Waals surface area contributed by atoms with Gasteiger partial charge >= 0.3 is 0 Å². The summed E-state index contributed by atoms with van der Waals surface area (Å²) in [4.78, 5) is 73.1. The van der Waals surface area contributed by atoms with E-state index in [0.717, 1.165) is 207 Å². The maximum Gasteiger partial charge on any atom is 0.264 e. The van der Waals surface area contributed by atoms with Gasteiger partial charge in [-0.25, -0.2) is 19.9 Å². The van der Waals surface area contributed by atoms with Gasteiger partial charge in [-0.2, -0.15) is 0 Å². The summed E-state index contributed by atoms with van der Waals surface area (Å²) in [6.45, 7) is 33.0. The van der Waals surface area contributed by atoms with E-state index in [9.17, 15) is 19.2 Å². The molecule has 0 aliphatic heterocycles. The third kappa shape index (κ3) is 14.9. The van der Waals surface area contributed by atoms with Crippen molar-refractivity contribution in [3.8, 4) is 0 Å². The van der Waals surface area contributed by atoms with Crippen molar-refractivity contribution < 1.29 is 0 Å². The van der Waals surface area contributed by atoms with Crippen LogP contribution in [0.5, 0.6) is 0 Å². The fourth-order valence-electron chi connectivity index (χ4n) is 17.0. The molecular weight excluding hydrogens is 1520 g/mol. The van der Waals surface area contributed by atoms with Crippen molar-refractivity contribution in [2.45, 2.75) is 136 Å². The van der Waals surface area contributed by atoms with Crippen LogP contribution in [0.15, 0.2) is 322 Å². The smallest absolute Gasteiger partial charge is 0.264 e. The van der Waals surface area contributed by atoms with Crippen LogP contribution in [-0.4, -0.2) is 37.5 Å². The van der Waals surface area contributed by atoms with Gasteiger partial charge in [0.2, 0.25) is 0 Å². The molecule has 0 spiro atoms. The molecule has 0 atom stereocenters. The quantitative estimate of drug-likeness (QED) is 0.137. The highest BCUT2D eigenvalue weighted by Crippen LogP contribution is 2.40. The molecule has 25 aromatic rings. The van der Waals surface area contributed by atoms with Crippen molar-refractivity contribution in [2.24, 2.45) is 0 Å². The van der Waals surface area contributed by atoms with E-state index in [1.165, 1.54) is 25.7 Å². The van der Waals surface area contributed by atoms with E-state index < -0.39 is 0 Å². The van der Waals surface area contributed by atoms with Crippen molar-refractivity contribution in [1.29, 1.82) is 0 Å². The summed E-state index contributed by atoms with van der Waals surface area (Å²) in [6, 6.07) is 101.